The SMILES string of the molecule is CC1CCC(NCCCOc2ccc([C@H]3CC[C@]4(CC3)OO[C@]3(O4)C4CC5CC(C4)CC3C5)cc2)CC1. The van der Waals surface area contributed by atoms with Gasteiger partial charge in [-0.25, -0.2) is 0 Å². The lowest BCUT2D eigenvalue weighted by Gasteiger charge is -2.57. The molecule has 7 aliphatic rings. The fourth-order valence-electron chi connectivity index (χ4n) is 9.05. The van der Waals surface area contributed by atoms with Crippen LogP contribution in [-0.2, 0) is 14.5 Å². The molecule has 1 aromatic carbocycles. The topological polar surface area (TPSA) is 49.0 Å². The third-order valence-corrected chi connectivity index (χ3v) is 11.1. The quantitative estimate of drug-likeness (QED) is 0.314. The van der Waals surface area contributed by atoms with Crippen molar-refractivity contribution in [3.05, 3.63) is 29.8 Å². The highest BCUT2D eigenvalue weighted by Gasteiger charge is 2.66. The predicted molar refractivity (Wildman–Crippen MR) is 143 cm³/mol. The van der Waals surface area contributed by atoms with Gasteiger partial charge in [-0.15, -0.1) is 0 Å². The summed E-state index contributed by atoms with van der Waals surface area (Å²) in [5.41, 5.74) is 1.42. The van der Waals surface area contributed by atoms with Crippen LogP contribution in [0.3, 0.4) is 0 Å². The molecule has 0 radical (unpaired) electrons. The molecule has 1 N–H and O–H groups in total. The van der Waals surface area contributed by atoms with E-state index < -0.39 is 11.6 Å². The third kappa shape index (κ3) is 4.88. The van der Waals surface area contributed by atoms with Crippen LogP contribution in [0.4, 0.5) is 0 Å². The Hall–Kier alpha value is -1.14. The second kappa shape index (κ2) is 10.1. The molecule has 1 heterocycles. The van der Waals surface area contributed by atoms with Crippen molar-refractivity contribution < 1.29 is 19.2 Å². The Kier molecular flexibility index (Phi) is 6.80. The smallest absolute Gasteiger partial charge is 0.210 e. The normalized spacial score (nSPS) is 44.6. The van der Waals surface area contributed by atoms with Crippen LogP contribution in [0.2, 0.25) is 0 Å². The van der Waals surface area contributed by atoms with Gasteiger partial charge in [0.1, 0.15) is 5.75 Å². The van der Waals surface area contributed by atoms with Gasteiger partial charge in [-0.05, 0) is 125 Å². The molecule has 0 aromatic heterocycles. The largest absolute Gasteiger partial charge is 0.494 e. The molecule has 4 bridgehead atoms. The number of hydrogen-bond donors (Lipinski definition) is 1. The van der Waals surface area contributed by atoms with Gasteiger partial charge in [0, 0.05) is 30.7 Å². The third-order valence-electron chi connectivity index (χ3n) is 11.1. The monoisotopic (exact) mass is 509 g/mol. The molecule has 5 heteroatoms. The summed E-state index contributed by atoms with van der Waals surface area (Å²) in [7, 11) is 0. The van der Waals surface area contributed by atoms with Gasteiger partial charge < -0.3 is 14.8 Å². The molecular weight excluding hydrogens is 462 g/mol. The van der Waals surface area contributed by atoms with E-state index in [4.69, 9.17) is 19.2 Å². The van der Waals surface area contributed by atoms with Crippen LogP contribution < -0.4 is 10.1 Å². The lowest BCUT2D eigenvalue weighted by atomic mass is 9.53. The van der Waals surface area contributed by atoms with Crippen LogP contribution in [-0.4, -0.2) is 30.8 Å². The number of hydrogen-bond acceptors (Lipinski definition) is 5. The standard InChI is InChI=1S/C32H47NO4/c1-22-3-7-29(8-4-22)33-15-2-16-34-30-9-5-25(6-10-30)26-11-13-31(14-12-26)35-32(37-36-31)27-18-23-17-24(20-27)21-28(32)19-23/h5-6,9-10,22-24,26-29,33H,2-4,7-8,11-21H2,1H3/t22?,23?,24?,26-,27?,28?,29?,31+,32-. The first-order chi connectivity index (χ1) is 18.1. The second-order valence-electron chi connectivity index (χ2n) is 13.7. The highest BCUT2D eigenvalue weighted by Crippen LogP contribution is 2.64. The lowest BCUT2D eigenvalue weighted by Crippen LogP contribution is -2.59. The van der Waals surface area contributed by atoms with Gasteiger partial charge in [-0.2, -0.15) is 9.78 Å². The summed E-state index contributed by atoms with van der Waals surface area (Å²) in [6, 6.07) is 9.57. The Morgan fingerprint density at radius 1 is 0.838 bits per heavy atom. The van der Waals surface area contributed by atoms with E-state index in [0.29, 0.717) is 17.8 Å². The summed E-state index contributed by atoms with van der Waals surface area (Å²) in [6.07, 6.45) is 17.1. The fourth-order valence-corrected chi connectivity index (χ4v) is 9.05. The van der Waals surface area contributed by atoms with Crippen LogP contribution in [0.1, 0.15) is 108 Å². The Morgan fingerprint density at radius 2 is 1.51 bits per heavy atom. The Balaban J connectivity index is 0.862. The first-order valence-electron chi connectivity index (χ1n) is 15.6. The maximum Gasteiger partial charge on any atom is 0.210 e. The fraction of sp³-hybridized carbons (Fsp3) is 0.812. The van der Waals surface area contributed by atoms with Gasteiger partial charge in [-0.3, -0.25) is 0 Å². The average molecular weight is 510 g/mol. The molecule has 0 unspecified atom stereocenters. The average Bonchev–Trinajstić information content (AvgIpc) is 3.28. The molecule has 1 saturated heterocycles. The van der Waals surface area contributed by atoms with Crippen LogP contribution in [0.25, 0.3) is 0 Å². The van der Waals surface area contributed by atoms with Gasteiger partial charge in [-0.1, -0.05) is 19.1 Å². The van der Waals surface area contributed by atoms with E-state index >= 15 is 0 Å². The minimum atomic E-state index is -0.515. The number of nitrogens with one attached hydrogen (secondary N) is 1. The van der Waals surface area contributed by atoms with E-state index in [-0.39, 0.29) is 0 Å². The zero-order valence-corrected chi connectivity index (χ0v) is 22.8. The minimum absolute atomic E-state index is 0.441. The highest BCUT2D eigenvalue weighted by molar-refractivity contribution is 5.30. The van der Waals surface area contributed by atoms with Crippen LogP contribution in [0.5, 0.6) is 5.75 Å². The van der Waals surface area contributed by atoms with Crippen LogP contribution in [0.15, 0.2) is 24.3 Å². The molecular formula is C32H47NO4. The van der Waals surface area contributed by atoms with Crippen molar-refractivity contribution in [2.75, 3.05) is 13.2 Å². The van der Waals surface area contributed by atoms with E-state index in [1.54, 1.807) is 0 Å². The van der Waals surface area contributed by atoms with Crippen molar-refractivity contribution in [3.8, 4) is 5.75 Å². The molecule has 0 amide bonds. The van der Waals surface area contributed by atoms with Crippen molar-refractivity contribution in [2.45, 2.75) is 120 Å². The number of rotatable bonds is 7. The van der Waals surface area contributed by atoms with Crippen LogP contribution >= 0.6 is 0 Å². The van der Waals surface area contributed by atoms with Crippen molar-refractivity contribution in [1.82, 2.24) is 5.32 Å². The molecule has 7 fully saturated rings. The van der Waals surface area contributed by atoms with Gasteiger partial charge in [0.15, 0.2) is 0 Å². The molecule has 204 valence electrons. The minimum Gasteiger partial charge on any atom is -0.494 e. The molecule has 5 nitrogen and oxygen atoms in total. The van der Waals surface area contributed by atoms with Crippen molar-refractivity contribution in [2.24, 2.45) is 29.6 Å². The Morgan fingerprint density at radius 3 is 2.19 bits per heavy atom. The van der Waals surface area contributed by atoms with Crippen molar-refractivity contribution in [1.29, 1.82) is 0 Å². The molecule has 2 spiro atoms. The van der Waals surface area contributed by atoms with E-state index in [0.717, 1.165) is 74.8 Å². The predicted octanol–water partition coefficient (Wildman–Crippen LogP) is 7.11. The van der Waals surface area contributed by atoms with Gasteiger partial charge in [0.25, 0.3) is 0 Å². The number of benzene rings is 1. The Labute approximate surface area is 223 Å². The molecule has 37 heavy (non-hydrogen) atoms. The van der Waals surface area contributed by atoms with Crippen LogP contribution in [0, 0.1) is 29.6 Å². The summed E-state index contributed by atoms with van der Waals surface area (Å²) >= 11 is 0. The van der Waals surface area contributed by atoms with Crippen molar-refractivity contribution >= 4 is 0 Å². The zero-order valence-electron chi connectivity index (χ0n) is 22.8. The van der Waals surface area contributed by atoms with Gasteiger partial charge >= 0.3 is 0 Å². The summed E-state index contributed by atoms with van der Waals surface area (Å²) < 4.78 is 12.9. The lowest BCUT2D eigenvalue weighted by molar-refractivity contribution is -0.390. The number of ether oxygens (including phenoxy) is 2. The van der Waals surface area contributed by atoms with E-state index in [2.05, 4.69) is 36.5 Å². The van der Waals surface area contributed by atoms with Gasteiger partial charge in [0.05, 0.1) is 6.61 Å². The zero-order chi connectivity index (χ0) is 24.9. The second-order valence-corrected chi connectivity index (χ2v) is 13.7. The first kappa shape index (κ1) is 24.9. The van der Waals surface area contributed by atoms with Gasteiger partial charge in [0.2, 0.25) is 11.6 Å². The molecule has 1 aliphatic heterocycles. The molecule has 0 atom stereocenters. The summed E-state index contributed by atoms with van der Waals surface area (Å²) in [4.78, 5) is 12.3. The first-order valence-corrected chi connectivity index (χ1v) is 15.6. The highest BCUT2D eigenvalue weighted by atomic mass is 17.3. The van der Waals surface area contributed by atoms with E-state index in [1.807, 2.05) is 0 Å². The van der Waals surface area contributed by atoms with E-state index in [9.17, 15) is 0 Å². The molecule has 1 aromatic rings. The summed E-state index contributed by atoms with van der Waals surface area (Å²) in [5.74, 6) is 4.40. The van der Waals surface area contributed by atoms with E-state index in [1.165, 1.54) is 63.4 Å². The summed E-state index contributed by atoms with van der Waals surface area (Å²) in [5, 5.41) is 3.73. The van der Waals surface area contributed by atoms with Crippen molar-refractivity contribution in [3.63, 3.8) is 0 Å². The molecule has 6 saturated carbocycles. The maximum atomic E-state index is 6.90. The molecule has 6 aliphatic carbocycles. The summed E-state index contributed by atoms with van der Waals surface area (Å²) in [6.45, 7) is 4.21. The molecule has 8 rings (SSSR count). The Bertz CT molecular complexity index is 887. The maximum absolute atomic E-state index is 6.90.